The van der Waals surface area contributed by atoms with Crippen LogP contribution in [0.2, 0.25) is 0 Å². The summed E-state index contributed by atoms with van der Waals surface area (Å²) >= 11 is 0. The van der Waals surface area contributed by atoms with Gasteiger partial charge in [-0.05, 0) is 18.6 Å². The van der Waals surface area contributed by atoms with Gasteiger partial charge >= 0.3 is 0 Å². The van der Waals surface area contributed by atoms with Crippen LogP contribution in [0.5, 0.6) is 0 Å². The lowest BCUT2D eigenvalue weighted by molar-refractivity contribution is -0.306. The zero-order chi connectivity index (χ0) is 13.0. The molecule has 0 amide bonds. The van der Waals surface area contributed by atoms with Crippen molar-refractivity contribution in [3.05, 3.63) is 30.6 Å². The van der Waals surface area contributed by atoms with Gasteiger partial charge in [0.2, 0.25) is 0 Å². The van der Waals surface area contributed by atoms with Crippen LogP contribution in [0.3, 0.4) is 0 Å². The van der Waals surface area contributed by atoms with Gasteiger partial charge in [0.15, 0.2) is 0 Å². The summed E-state index contributed by atoms with van der Waals surface area (Å²) < 4.78 is 0. The fourth-order valence-electron chi connectivity index (χ4n) is 1.82. The molecule has 0 radical (unpaired) electrons. The molecule has 1 heterocycles. The highest BCUT2D eigenvalue weighted by Crippen LogP contribution is 2.19. The van der Waals surface area contributed by atoms with Crippen LogP contribution in [0.15, 0.2) is 30.6 Å². The molecule has 0 aliphatic carbocycles. The Morgan fingerprint density at radius 3 is 2.89 bits per heavy atom. The lowest BCUT2D eigenvalue weighted by Crippen LogP contribution is -2.41. The number of rotatable bonds is 5. The summed E-state index contributed by atoms with van der Waals surface area (Å²) in [6.45, 7) is 1.93. The quantitative estimate of drug-likeness (QED) is 0.847. The minimum Gasteiger partial charge on any atom is -0.548 e. The van der Waals surface area contributed by atoms with Crippen molar-refractivity contribution in [3.8, 4) is 0 Å². The molecule has 1 atom stereocenters. The fraction of sp³-hybridized carbons (Fsp3) is 0.308. The molecule has 1 N–H and O–H groups in total. The molecule has 5 nitrogen and oxygen atoms in total. The van der Waals surface area contributed by atoms with E-state index >= 15 is 0 Å². The Morgan fingerprint density at radius 1 is 1.39 bits per heavy atom. The van der Waals surface area contributed by atoms with Crippen molar-refractivity contribution in [1.82, 2.24) is 9.97 Å². The second-order valence-electron chi connectivity index (χ2n) is 4.04. The van der Waals surface area contributed by atoms with E-state index < -0.39 is 12.0 Å². The Morgan fingerprint density at radius 2 is 2.17 bits per heavy atom. The molecular formula is C13H14N3O2-. The lowest BCUT2D eigenvalue weighted by atomic mass is 10.1. The van der Waals surface area contributed by atoms with E-state index in [9.17, 15) is 9.90 Å². The van der Waals surface area contributed by atoms with Crippen LogP contribution in [0, 0.1) is 0 Å². The third-order valence-corrected chi connectivity index (χ3v) is 2.72. The third kappa shape index (κ3) is 2.56. The van der Waals surface area contributed by atoms with Gasteiger partial charge in [0.05, 0.1) is 17.5 Å². The lowest BCUT2D eigenvalue weighted by Gasteiger charge is -2.20. The van der Waals surface area contributed by atoms with Crippen LogP contribution in [0.25, 0.3) is 10.9 Å². The molecule has 5 heteroatoms. The van der Waals surface area contributed by atoms with E-state index in [0.29, 0.717) is 12.2 Å². The van der Waals surface area contributed by atoms with Crippen LogP contribution < -0.4 is 10.4 Å². The first kappa shape index (κ1) is 12.3. The van der Waals surface area contributed by atoms with E-state index in [4.69, 9.17) is 0 Å². The number of aromatic nitrogens is 2. The van der Waals surface area contributed by atoms with E-state index in [1.165, 1.54) is 6.33 Å². The largest absolute Gasteiger partial charge is 0.548 e. The number of aliphatic carboxylic acids is 1. The van der Waals surface area contributed by atoms with Crippen molar-refractivity contribution in [1.29, 1.82) is 0 Å². The van der Waals surface area contributed by atoms with E-state index in [-0.39, 0.29) is 0 Å². The average Bonchev–Trinajstić information content (AvgIpc) is 2.38. The molecule has 2 rings (SSSR count). The minimum absolute atomic E-state index is 0.501. The Hall–Kier alpha value is -2.17. The monoisotopic (exact) mass is 244 g/mol. The summed E-state index contributed by atoms with van der Waals surface area (Å²) in [6, 6.07) is 6.73. The SMILES string of the molecule is CCCC(Nc1ncnc2ccccc12)C(=O)[O-]. The number of nitrogens with zero attached hydrogens (tertiary/aromatic N) is 2. The van der Waals surface area contributed by atoms with Crippen LogP contribution >= 0.6 is 0 Å². The summed E-state index contributed by atoms with van der Waals surface area (Å²) in [5, 5.41) is 14.7. The van der Waals surface area contributed by atoms with Crippen molar-refractivity contribution >= 4 is 22.7 Å². The van der Waals surface area contributed by atoms with Crippen molar-refractivity contribution < 1.29 is 9.90 Å². The average molecular weight is 244 g/mol. The van der Waals surface area contributed by atoms with Crippen LogP contribution in [-0.2, 0) is 4.79 Å². The number of anilines is 1. The zero-order valence-electron chi connectivity index (χ0n) is 10.1. The maximum atomic E-state index is 11.0. The molecule has 0 fully saturated rings. The first-order chi connectivity index (χ1) is 8.72. The number of carbonyl (C=O) groups excluding carboxylic acids is 1. The normalized spacial score (nSPS) is 12.3. The molecule has 0 aliphatic heterocycles. The molecule has 0 saturated carbocycles. The number of carboxylic acids is 1. The molecule has 1 aromatic heterocycles. The second kappa shape index (κ2) is 5.44. The summed E-state index contributed by atoms with van der Waals surface area (Å²) in [7, 11) is 0. The highest BCUT2D eigenvalue weighted by molar-refractivity contribution is 5.90. The topological polar surface area (TPSA) is 77.9 Å². The van der Waals surface area contributed by atoms with Gasteiger partial charge in [-0.3, -0.25) is 0 Å². The molecule has 0 saturated heterocycles. The summed E-state index contributed by atoms with van der Waals surface area (Å²) in [5.74, 6) is -0.581. The molecule has 1 unspecified atom stereocenters. The number of benzene rings is 1. The maximum absolute atomic E-state index is 11.0. The van der Waals surface area contributed by atoms with Crippen LogP contribution in [0.1, 0.15) is 19.8 Å². The Balaban J connectivity index is 2.33. The second-order valence-corrected chi connectivity index (χ2v) is 4.04. The zero-order valence-corrected chi connectivity index (χ0v) is 10.1. The van der Waals surface area contributed by atoms with Crippen molar-refractivity contribution in [2.75, 3.05) is 5.32 Å². The number of carbonyl (C=O) groups is 1. The van der Waals surface area contributed by atoms with Gasteiger partial charge in [-0.2, -0.15) is 0 Å². The highest BCUT2D eigenvalue weighted by atomic mass is 16.4. The molecule has 18 heavy (non-hydrogen) atoms. The van der Waals surface area contributed by atoms with Gasteiger partial charge in [0.25, 0.3) is 0 Å². The van der Waals surface area contributed by atoms with Crippen LogP contribution in [-0.4, -0.2) is 22.0 Å². The number of para-hydroxylation sites is 1. The Kier molecular flexibility index (Phi) is 3.72. The summed E-state index contributed by atoms with van der Waals surface area (Å²) in [5.41, 5.74) is 0.781. The molecule has 1 aromatic carbocycles. The first-order valence-electron chi connectivity index (χ1n) is 5.89. The number of hydrogen-bond acceptors (Lipinski definition) is 5. The first-order valence-corrected chi connectivity index (χ1v) is 5.89. The van der Waals surface area contributed by atoms with Gasteiger partial charge in [-0.25, -0.2) is 9.97 Å². The van der Waals surface area contributed by atoms with E-state index in [0.717, 1.165) is 17.3 Å². The van der Waals surface area contributed by atoms with E-state index in [2.05, 4.69) is 15.3 Å². The van der Waals surface area contributed by atoms with Gasteiger partial charge in [-0.15, -0.1) is 0 Å². The van der Waals surface area contributed by atoms with Gasteiger partial charge in [0.1, 0.15) is 12.1 Å². The molecular weight excluding hydrogens is 230 g/mol. The predicted molar refractivity (Wildman–Crippen MR) is 66.9 cm³/mol. The summed E-state index contributed by atoms with van der Waals surface area (Å²) in [4.78, 5) is 19.2. The standard InChI is InChI=1S/C13H15N3O2/c1-2-5-11(13(17)18)16-12-9-6-3-4-7-10(9)14-8-15-12/h3-4,6-8,11H,2,5H2,1H3,(H,17,18)(H,14,15,16)/p-1. The molecule has 0 aliphatic rings. The molecule has 94 valence electrons. The Labute approximate surface area is 105 Å². The van der Waals surface area contributed by atoms with Gasteiger partial charge in [0, 0.05) is 5.39 Å². The van der Waals surface area contributed by atoms with Crippen molar-refractivity contribution in [2.45, 2.75) is 25.8 Å². The van der Waals surface area contributed by atoms with Crippen LogP contribution in [0.4, 0.5) is 5.82 Å². The van der Waals surface area contributed by atoms with E-state index in [1.807, 2.05) is 31.2 Å². The number of nitrogens with one attached hydrogen (secondary N) is 1. The minimum atomic E-state index is -1.11. The molecule has 0 spiro atoms. The van der Waals surface area contributed by atoms with Gasteiger partial charge < -0.3 is 15.2 Å². The number of carboxylic acid groups (broad SMARTS) is 1. The Bertz CT molecular complexity index is 551. The highest BCUT2D eigenvalue weighted by Gasteiger charge is 2.11. The number of fused-ring (bicyclic) bond motifs is 1. The van der Waals surface area contributed by atoms with E-state index in [1.54, 1.807) is 0 Å². The maximum Gasteiger partial charge on any atom is 0.137 e. The van der Waals surface area contributed by atoms with Gasteiger partial charge in [-0.1, -0.05) is 25.5 Å². The fourth-order valence-corrected chi connectivity index (χ4v) is 1.82. The molecule has 2 aromatic rings. The smallest absolute Gasteiger partial charge is 0.137 e. The molecule has 0 bridgehead atoms. The number of hydrogen-bond donors (Lipinski definition) is 1. The summed E-state index contributed by atoms with van der Waals surface area (Å²) in [6.07, 6.45) is 2.68. The predicted octanol–water partition coefficient (Wildman–Crippen LogP) is 0.960. The van der Waals surface area contributed by atoms with Crippen molar-refractivity contribution in [3.63, 3.8) is 0 Å². The van der Waals surface area contributed by atoms with Crippen molar-refractivity contribution in [2.24, 2.45) is 0 Å². The third-order valence-electron chi connectivity index (χ3n) is 2.72.